The van der Waals surface area contributed by atoms with Gasteiger partial charge in [0.25, 0.3) is 0 Å². The van der Waals surface area contributed by atoms with Gasteiger partial charge in [-0.2, -0.15) is 30.3 Å². The van der Waals surface area contributed by atoms with Gasteiger partial charge in [-0.25, -0.2) is 0 Å². The van der Waals surface area contributed by atoms with E-state index >= 15 is 0 Å². The van der Waals surface area contributed by atoms with Gasteiger partial charge in [0.15, 0.2) is 0 Å². The molecule has 0 aliphatic heterocycles. The van der Waals surface area contributed by atoms with Gasteiger partial charge in [-0.15, -0.1) is 41.2 Å². The van der Waals surface area contributed by atoms with Crippen LogP contribution in [0.3, 0.4) is 0 Å². The van der Waals surface area contributed by atoms with Gasteiger partial charge in [0.2, 0.25) is 0 Å². The summed E-state index contributed by atoms with van der Waals surface area (Å²) >= 11 is 0. The van der Waals surface area contributed by atoms with E-state index in [1.54, 1.807) is 0 Å². The molecule has 0 bridgehead atoms. The second-order valence-electron chi connectivity index (χ2n) is 10.3. The van der Waals surface area contributed by atoms with Gasteiger partial charge in [0.05, 0.1) is 13.0 Å². The summed E-state index contributed by atoms with van der Waals surface area (Å²) in [5.41, 5.74) is 3.00. The van der Waals surface area contributed by atoms with Crippen LogP contribution in [0, 0.1) is 12.1 Å². The SMILES string of the molecule is O=P(c1[c-]cccc1)(C1CCCCC1)C1CCCCC1.[Ir].[c-]1ccccc1-c1nccn1-c1ccccc1. The monoisotopic (exact) mass is 701 g/mol. The summed E-state index contributed by atoms with van der Waals surface area (Å²) < 4.78 is 16.2. The smallest absolute Gasteiger partial charge is 0.0978 e. The van der Waals surface area contributed by atoms with Gasteiger partial charge in [-0.3, -0.25) is 4.98 Å². The Kier molecular flexibility index (Phi) is 10.8. The first-order chi connectivity index (χ1) is 18.3. The van der Waals surface area contributed by atoms with Crippen LogP contribution in [0.2, 0.25) is 0 Å². The average molecular weight is 701 g/mol. The quantitative estimate of drug-likeness (QED) is 0.155. The molecule has 2 fully saturated rings. The van der Waals surface area contributed by atoms with E-state index < -0.39 is 7.14 Å². The molecule has 6 rings (SSSR count). The number of hydrogen-bond acceptors (Lipinski definition) is 2. The van der Waals surface area contributed by atoms with Gasteiger partial charge >= 0.3 is 0 Å². The van der Waals surface area contributed by atoms with Crippen LogP contribution in [0.4, 0.5) is 0 Å². The van der Waals surface area contributed by atoms with Crippen LogP contribution in [0.25, 0.3) is 17.1 Å². The van der Waals surface area contributed by atoms with Crippen molar-refractivity contribution < 1.29 is 24.7 Å². The van der Waals surface area contributed by atoms with Crippen LogP contribution in [0.1, 0.15) is 64.2 Å². The molecule has 0 saturated heterocycles. The summed E-state index contributed by atoms with van der Waals surface area (Å²) in [6.45, 7) is 0. The fourth-order valence-corrected chi connectivity index (χ4v) is 10.3. The van der Waals surface area contributed by atoms with E-state index in [9.17, 15) is 4.57 Å². The van der Waals surface area contributed by atoms with E-state index in [1.165, 1.54) is 64.2 Å². The van der Waals surface area contributed by atoms with E-state index in [-0.39, 0.29) is 20.1 Å². The molecule has 4 aromatic rings. The summed E-state index contributed by atoms with van der Waals surface area (Å²) in [6.07, 6.45) is 16.2. The molecule has 201 valence electrons. The zero-order valence-electron chi connectivity index (χ0n) is 22.0. The number of hydrogen-bond donors (Lipinski definition) is 0. The molecule has 0 amide bonds. The van der Waals surface area contributed by atoms with Crippen molar-refractivity contribution in [2.75, 3.05) is 0 Å². The molecule has 1 heterocycles. The molecule has 2 saturated carbocycles. The van der Waals surface area contributed by atoms with Crippen LogP contribution in [0.5, 0.6) is 0 Å². The molecule has 5 heteroatoms. The largest absolute Gasteiger partial charge is 0.340 e. The zero-order valence-corrected chi connectivity index (χ0v) is 25.3. The first-order valence-corrected chi connectivity index (χ1v) is 15.7. The Labute approximate surface area is 241 Å². The number of rotatable bonds is 5. The van der Waals surface area contributed by atoms with E-state index in [4.69, 9.17) is 0 Å². The normalized spacial score (nSPS) is 16.6. The molecule has 2 aliphatic carbocycles. The summed E-state index contributed by atoms with van der Waals surface area (Å²) in [5, 5.41) is 1.05. The maximum absolute atomic E-state index is 14.1. The fourth-order valence-electron chi connectivity index (χ4n) is 6.05. The topological polar surface area (TPSA) is 34.9 Å². The van der Waals surface area contributed by atoms with Gasteiger partial charge in [0, 0.05) is 49.5 Å². The molecule has 0 atom stereocenters. The first-order valence-electron chi connectivity index (χ1n) is 13.9. The predicted molar refractivity (Wildman–Crippen MR) is 154 cm³/mol. The van der Waals surface area contributed by atoms with Crippen molar-refractivity contribution in [3.63, 3.8) is 0 Å². The number of aromatic nitrogens is 2. The standard InChI is InChI=1S/C18H26OP.C15H11N2.Ir/c19-20(16-10-4-1-5-11-16,17-12-6-2-7-13-17)18-14-8-3-9-15-18;1-3-7-13(8-4-1)15-16-11-12-17(15)14-9-5-2-6-10-14;/h1,4-5,10,17-18H,2-3,6-9,12-15H2;1-7,9-12H;/q2*-1;. The van der Waals surface area contributed by atoms with Crippen LogP contribution in [0.15, 0.2) is 91.3 Å². The van der Waals surface area contributed by atoms with Crippen molar-refractivity contribution >= 4 is 12.4 Å². The fraction of sp³-hybridized carbons (Fsp3) is 0.364. The maximum atomic E-state index is 14.1. The first kappa shape index (κ1) is 28.7. The Morgan fingerprint density at radius 3 is 1.84 bits per heavy atom. The molecule has 3 nitrogen and oxygen atoms in total. The van der Waals surface area contributed by atoms with Crippen molar-refractivity contribution in [2.24, 2.45) is 0 Å². The van der Waals surface area contributed by atoms with Gasteiger partial charge in [-0.1, -0.05) is 56.7 Å². The molecular weight excluding hydrogens is 664 g/mol. The minimum atomic E-state index is -2.28. The van der Waals surface area contributed by atoms with Crippen LogP contribution < -0.4 is 5.30 Å². The molecule has 38 heavy (non-hydrogen) atoms. The Balaban J connectivity index is 0.000000174. The predicted octanol–water partition coefficient (Wildman–Crippen LogP) is 8.48. The number of benzene rings is 3. The molecule has 3 aromatic carbocycles. The third-order valence-electron chi connectivity index (χ3n) is 7.93. The van der Waals surface area contributed by atoms with Crippen LogP contribution in [-0.4, -0.2) is 20.9 Å². The van der Waals surface area contributed by atoms with Gasteiger partial charge < -0.3 is 9.13 Å². The molecule has 0 unspecified atom stereocenters. The van der Waals surface area contributed by atoms with E-state index in [0.29, 0.717) is 11.3 Å². The van der Waals surface area contributed by atoms with Crippen LogP contribution in [-0.2, 0) is 24.7 Å². The second kappa shape index (κ2) is 14.2. The third-order valence-corrected chi connectivity index (χ3v) is 12.2. The van der Waals surface area contributed by atoms with Crippen molar-refractivity contribution in [1.29, 1.82) is 0 Å². The molecule has 1 aromatic heterocycles. The van der Waals surface area contributed by atoms with Crippen molar-refractivity contribution in [2.45, 2.75) is 75.5 Å². The Morgan fingerprint density at radius 2 is 1.29 bits per heavy atom. The molecule has 1 radical (unpaired) electrons. The summed E-state index contributed by atoms with van der Waals surface area (Å²) in [6, 6.07) is 32.7. The summed E-state index contributed by atoms with van der Waals surface area (Å²) in [7, 11) is -2.28. The van der Waals surface area contributed by atoms with Crippen molar-refractivity contribution in [3.05, 3.63) is 103 Å². The van der Waals surface area contributed by atoms with Gasteiger partial charge in [-0.05, 0) is 37.8 Å². The minimum absolute atomic E-state index is 0. The molecule has 0 spiro atoms. The minimum Gasteiger partial charge on any atom is -0.340 e. The van der Waals surface area contributed by atoms with E-state index in [0.717, 1.165) is 22.4 Å². The number of nitrogens with zero attached hydrogens (tertiary/aromatic N) is 2. The molecular formula is C33H37IrN2OP-2. The van der Waals surface area contributed by atoms with Crippen molar-refractivity contribution in [3.8, 4) is 17.1 Å². The number of para-hydroxylation sites is 1. The Bertz CT molecular complexity index is 1190. The average Bonchev–Trinajstić information content (AvgIpc) is 3.50. The second-order valence-corrected chi connectivity index (χ2v) is 13.6. The summed E-state index contributed by atoms with van der Waals surface area (Å²) in [4.78, 5) is 4.39. The zero-order chi connectivity index (χ0) is 25.3. The van der Waals surface area contributed by atoms with Gasteiger partial charge in [0.1, 0.15) is 0 Å². The Morgan fingerprint density at radius 1 is 0.711 bits per heavy atom. The van der Waals surface area contributed by atoms with Crippen LogP contribution >= 0.6 is 7.14 Å². The Hall–Kier alpha value is -2.25. The number of imidazole rings is 1. The maximum Gasteiger partial charge on any atom is 0.0978 e. The molecule has 2 aliphatic rings. The summed E-state index contributed by atoms with van der Waals surface area (Å²) in [5.74, 6) is 0.914. The van der Waals surface area contributed by atoms with E-state index in [2.05, 4.69) is 39.9 Å². The van der Waals surface area contributed by atoms with Crippen molar-refractivity contribution in [1.82, 2.24) is 9.55 Å². The van der Waals surface area contributed by atoms with E-state index in [1.807, 2.05) is 73.1 Å². The molecule has 0 N–H and O–H groups in total. The third kappa shape index (κ3) is 6.66.